The number of hydrogen-bond acceptors (Lipinski definition) is 11. The highest BCUT2D eigenvalue weighted by Gasteiger charge is 2.29. The lowest BCUT2D eigenvalue weighted by molar-refractivity contribution is -0.135. The molecule has 0 bridgehead atoms. The molecule has 1 aromatic carbocycles. The van der Waals surface area contributed by atoms with Crippen LogP contribution in [0.3, 0.4) is 0 Å². The van der Waals surface area contributed by atoms with Crippen LogP contribution in [-0.2, 0) is 14.4 Å². The zero-order valence-corrected chi connectivity index (χ0v) is 28.7. The maximum absolute atomic E-state index is 13.5. The zero-order valence-electron chi connectivity index (χ0n) is 28.7. The first-order valence-electron chi connectivity index (χ1n) is 17.4. The number of Topliss-reactive ketones (excluding diaryl/α,β-unsaturated/α-hetero) is 1. The molecular weight excluding hydrogens is 652 g/mol. The lowest BCUT2D eigenvalue weighted by Crippen LogP contribution is -2.50. The summed E-state index contributed by atoms with van der Waals surface area (Å²) >= 11 is 0. The van der Waals surface area contributed by atoms with Gasteiger partial charge in [-0.2, -0.15) is 4.98 Å². The van der Waals surface area contributed by atoms with Crippen LogP contribution in [0.1, 0.15) is 78.9 Å². The number of piperazine rings is 1. The van der Waals surface area contributed by atoms with Gasteiger partial charge in [0.25, 0.3) is 11.5 Å². The fourth-order valence-corrected chi connectivity index (χ4v) is 7.35. The number of nitrogens with one attached hydrogen (secondary N) is 2. The standard InChI is InChI=1S/C37H40N8O6/c1-22-29-20-39-37(42-34(29)45(25-7-3-4-8-25)36(50)33(22)23(2)46)40-30-12-10-26(19-38-30)43-14-16-44(17-15-43)32(48)21-51-27-9-5-6-24(18-27)28-11-13-31(47)41-35(28)49/h5-6,9-10,12,18-20,25,28H,3-4,7-8,11,13-17,21H2,1-2H3,(H,41,47,49)(H,38,39,40,42). The van der Waals surface area contributed by atoms with Crippen LogP contribution in [-0.4, -0.2) is 80.7 Å². The van der Waals surface area contributed by atoms with Crippen molar-refractivity contribution in [1.82, 2.24) is 29.7 Å². The van der Waals surface area contributed by atoms with E-state index >= 15 is 0 Å². The minimum absolute atomic E-state index is 0.00826. The van der Waals surface area contributed by atoms with E-state index in [0.29, 0.717) is 73.1 Å². The normalized spacial score (nSPS) is 18.2. The van der Waals surface area contributed by atoms with Crippen molar-refractivity contribution in [2.45, 2.75) is 64.3 Å². The number of fused-ring (bicyclic) bond motifs is 1. The third-order valence-corrected chi connectivity index (χ3v) is 10.1. The number of ether oxygens (including phenoxy) is 1. The highest BCUT2D eigenvalue weighted by atomic mass is 16.5. The van der Waals surface area contributed by atoms with Gasteiger partial charge in [0, 0.05) is 50.2 Å². The van der Waals surface area contributed by atoms with Gasteiger partial charge in [-0.3, -0.25) is 33.9 Å². The molecule has 3 fully saturated rings. The van der Waals surface area contributed by atoms with Crippen molar-refractivity contribution in [1.29, 1.82) is 0 Å². The maximum Gasteiger partial charge on any atom is 0.263 e. The summed E-state index contributed by atoms with van der Waals surface area (Å²) in [7, 11) is 0. The summed E-state index contributed by atoms with van der Waals surface area (Å²) in [6.45, 7) is 5.37. The number of carbonyl (C=O) groups excluding carboxylic acids is 4. The van der Waals surface area contributed by atoms with E-state index in [-0.39, 0.29) is 47.3 Å². The number of pyridine rings is 2. The fourth-order valence-electron chi connectivity index (χ4n) is 7.35. The molecular formula is C37H40N8O6. The Morgan fingerprint density at radius 2 is 1.76 bits per heavy atom. The molecule has 51 heavy (non-hydrogen) atoms. The molecule has 1 unspecified atom stereocenters. The van der Waals surface area contributed by atoms with Gasteiger partial charge in [-0.15, -0.1) is 0 Å². The smallest absolute Gasteiger partial charge is 0.263 e. The van der Waals surface area contributed by atoms with E-state index in [9.17, 15) is 24.0 Å². The van der Waals surface area contributed by atoms with Crippen LogP contribution in [0.25, 0.3) is 11.0 Å². The molecule has 1 aliphatic carbocycles. The first kappa shape index (κ1) is 33.8. The molecule has 0 spiro atoms. The van der Waals surface area contributed by atoms with Gasteiger partial charge in [-0.1, -0.05) is 25.0 Å². The highest BCUT2D eigenvalue weighted by molar-refractivity contribution is 6.01. The summed E-state index contributed by atoms with van der Waals surface area (Å²) in [5, 5.41) is 6.22. The molecule has 14 heteroatoms. The molecule has 3 aliphatic rings. The van der Waals surface area contributed by atoms with Gasteiger partial charge in [0.1, 0.15) is 17.2 Å². The number of nitrogens with zero attached hydrogens (tertiary/aromatic N) is 6. The molecule has 1 saturated carbocycles. The second kappa shape index (κ2) is 14.3. The van der Waals surface area contributed by atoms with Crippen LogP contribution in [0.4, 0.5) is 17.5 Å². The van der Waals surface area contributed by atoms with Gasteiger partial charge in [-0.05, 0) is 68.5 Å². The number of imide groups is 1. The van der Waals surface area contributed by atoms with E-state index < -0.39 is 5.92 Å². The number of hydrogen-bond donors (Lipinski definition) is 2. The van der Waals surface area contributed by atoms with Gasteiger partial charge < -0.3 is 19.9 Å². The van der Waals surface area contributed by atoms with Gasteiger partial charge in [0.05, 0.1) is 23.4 Å². The zero-order chi connectivity index (χ0) is 35.6. The summed E-state index contributed by atoms with van der Waals surface area (Å²) in [6, 6.07) is 10.9. The number of benzene rings is 1. The monoisotopic (exact) mass is 692 g/mol. The van der Waals surface area contributed by atoms with E-state index in [1.165, 1.54) is 6.92 Å². The summed E-state index contributed by atoms with van der Waals surface area (Å²) in [4.78, 5) is 80.4. The second-order valence-electron chi connectivity index (χ2n) is 13.4. The molecule has 4 aromatic rings. The number of rotatable bonds is 9. The number of aryl methyl sites for hydroxylation is 1. The molecule has 1 atom stereocenters. The van der Waals surface area contributed by atoms with Crippen LogP contribution in [0.5, 0.6) is 5.75 Å². The SMILES string of the molecule is CC(=O)c1c(C)c2cnc(Nc3ccc(N4CCN(C(=O)COc5cccc(C6CCC(=O)NC6=O)c5)CC4)cn3)nc2n(C2CCCC2)c1=O. The van der Waals surface area contributed by atoms with Gasteiger partial charge in [-0.25, -0.2) is 9.97 Å². The van der Waals surface area contributed by atoms with E-state index in [2.05, 4.69) is 25.5 Å². The summed E-state index contributed by atoms with van der Waals surface area (Å²) in [5.41, 5.74) is 2.68. The predicted molar refractivity (Wildman–Crippen MR) is 189 cm³/mol. The van der Waals surface area contributed by atoms with Crippen LogP contribution in [0.2, 0.25) is 0 Å². The summed E-state index contributed by atoms with van der Waals surface area (Å²) < 4.78 is 7.49. The van der Waals surface area contributed by atoms with Crippen molar-refractivity contribution in [3.63, 3.8) is 0 Å². The topological polar surface area (TPSA) is 169 Å². The van der Waals surface area contributed by atoms with Gasteiger partial charge in [0.15, 0.2) is 12.4 Å². The Morgan fingerprint density at radius 1 is 0.980 bits per heavy atom. The third-order valence-electron chi connectivity index (χ3n) is 10.1. The largest absolute Gasteiger partial charge is 0.484 e. The molecule has 264 valence electrons. The highest BCUT2D eigenvalue weighted by Crippen LogP contribution is 2.32. The quantitative estimate of drug-likeness (QED) is 0.193. The van der Waals surface area contributed by atoms with Crippen molar-refractivity contribution >= 4 is 52.0 Å². The Labute approximate surface area is 294 Å². The van der Waals surface area contributed by atoms with Gasteiger partial charge in [0.2, 0.25) is 17.8 Å². The Morgan fingerprint density at radius 3 is 2.47 bits per heavy atom. The van der Waals surface area contributed by atoms with E-state index in [4.69, 9.17) is 9.72 Å². The van der Waals surface area contributed by atoms with Crippen molar-refractivity contribution in [3.05, 3.63) is 75.8 Å². The number of ketones is 1. The average molecular weight is 693 g/mol. The molecule has 0 radical (unpaired) electrons. The van der Waals surface area contributed by atoms with E-state index in [1.807, 2.05) is 18.2 Å². The van der Waals surface area contributed by atoms with Crippen LogP contribution < -0.4 is 25.8 Å². The molecule has 2 N–H and O–H groups in total. The van der Waals surface area contributed by atoms with Crippen LogP contribution >= 0.6 is 0 Å². The number of carbonyl (C=O) groups is 4. The summed E-state index contributed by atoms with van der Waals surface area (Å²) in [6.07, 6.45) is 7.94. The van der Waals surface area contributed by atoms with Crippen LogP contribution in [0, 0.1) is 6.92 Å². The van der Waals surface area contributed by atoms with E-state index in [0.717, 1.165) is 36.9 Å². The minimum atomic E-state index is -0.421. The molecule has 2 saturated heterocycles. The number of piperidine rings is 1. The van der Waals surface area contributed by atoms with Gasteiger partial charge >= 0.3 is 0 Å². The second-order valence-corrected chi connectivity index (χ2v) is 13.4. The molecule has 7 rings (SSSR count). The van der Waals surface area contributed by atoms with Crippen molar-refractivity contribution in [2.24, 2.45) is 0 Å². The Balaban J connectivity index is 0.957. The average Bonchev–Trinajstić information content (AvgIpc) is 3.66. The molecule has 3 aromatic heterocycles. The molecule has 14 nitrogen and oxygen atoms in total. The lowest BCUT2D eigenvalue weighted by atomic mass is 9.90. The predicted octanol–water partition coefficient (Wildman–Crippen LogP) is 3.80. The lowest BCUT2D eigenvalue weighted by Gasteiger charge is -2.36. The van der Waals surface area contributed by atoms with Crippen LogP contribution in [0.15, 0.2) is 53.6 Å². The first-order valence-corrected chi connectivity index (χ1v) is 17.4. The maximum atomic E-state index is 13.5. The number of anilines is 3. The van der Waals surface area contributed by atoms with Crippen molar-refractivity contribution in [2.75, 3.05) is 43.0 Å². The van der Waals surface area contributed by atoms with E-state index in [1.54, 1.807) is 47.0 Å². The number of amides is 3. The van der Waals surface area contributed by atoms with Crippen molar-refractivity contribution < 1.29 is 23.9 Å². The Bertz CT molecular complexity index is 2070. The number of aromatic nitrogens is 4. The third kappa shape index (κ3) is 7.03. The summed E-state index contributed by atoms with van der Waals surface area (Å²) in [5.74, 6) is -0.0358. The molecule has 3 amide bonds. The first-order chi connectivity index (χ1) is 24.7. The molecule has 5 heterocycles. The fraction of sp³-hybridized carbons (Fsp3) is 0.405. The molecule has 2 aliphatic heterocycles. The minimum Gasteiger partial charge on any atom is -0.484 e. The Kier molecular flexibility index (Phi) is 9.48. The Hall–Kier alpha value is -5.66. The van der Waals surface area contributed by atoms with Crippen molar-refractivity contribution in [3.8, 4) is 5.75 Å².